The van der Waals surface area contributed by atoms with E-state index in [-0.39, 0.29) is 27.0 Å². The van der Waals surface area contributed by atoms with Gasteiger partial charge in [0.2, 0.25) is 0 Å². The summed E-state index contributed by atoms with van der Waals surface area (Å²) in [6, 6.07) is -0.480. The Kier molecular flexibility index (Phi) is 8.40. The van der Waals surface area contributed by atoms with Crippen molar-refractivity contribution in [3.8, 4) is 0 Å². The first-order chi connectivity index (χ1) is 11.8. The number of urea groups is 1. The Morgan fingerprint density at radius 3 is 2.04 bits per heavy atom. The molecule has 25 heavy (non-hydrogen) atoms. The van der Waals surface area contributed by atoms with Crippen LogP contribution < -0.4 is 10.6 Å². The van der Waals surface area contributed by atoms with Crippen LogP contribution in [0.5, 0.6) is 0 Å². The second-order valence-electron chi connectivity index (χ2n) is 5.95. The third kappa shape index (κ3) is 6.04. The fourth-order valence-electron chi connectivity index (χ4n) is 2.58. The van der Waals surface area contributed by atoms with E-state index in [2.05, 4.69) is 24.5 Å². The van der Waals surface area contributed by atoms with Crippen LogP contribution in [0.25, 0.3) is 0 Å². The molecule has 0 atom stereocenters. The fourth-order valence-corrected chi connectivity index (χ4v) is 3.61. The van der Waals surface area contributed by atoms with Gasteiger partial charge in [-0.1, -0.05) is 39.5 Å². The van der Waals surface area contributed by atoms with E-state index in [1.54, 1.807) is 0 Å². The molecule has 1 aromatic heterocycles. The number of carboxylic acids is 2. The Labute approximate surface area is 151 Å². The molecule has 1 rings (SSSR count). The normalized spacial score (nSPS) is 10.7. The Morgan fingerprint density at radius 2 is 1.60 bits per heavy atom. The molecule has 0 aliphatic heterocycles. The molecule has 140 valence electrons. The van der Waals surface area contributed by atoms with Crippen LogP contribution in [-0.4, -0.2) is 34.2 Å². The van der Waals surface area contributed by atoms with Gasteiger partial charge in [0.1, 0.15) is 9.88 Å². The maximum atomic E-state index is 12.3. The van der Waals surface area contributed by atoms with E-state index < -0.39 is 18.0 Å². The van der Waals surface area contributed by atoms with Gasteiger partial charge in [-0.2, -0.15) is 0 Å². The molecule has 0 aromatic carbocycles. The predicted octanol–water partition coefficient (Wildman–Crippen LogP) is 4.32. The summed E-state index contributed by atoms with van der Waals surface area (Å²) in [6.07, 6.45) is 5.77. The van der Waals surface area contributed by atoms with Gasteiger partial charge in [-0.3, -0.25) is 5.32 Å². The molecule has 0 bridgehead atoms. The number of carbonyl (C=O) groups is 3. The smallest absolute Gasteiger partial charge is 0.346 e. The number of anilines is 1. The van der Waals surface area contributed by atoms with Crippen molar-refractivity contribution in [2.45, 2.75) is 65.3 Å². The van der Waals surface area contributed by atoms with E-state index in [1.165, 1.54) is 6.92 Å². The van der Waals surface area contributed by atoms with Crippen molar-refractivity contribution in [1.29, 1.82) is 0 Å². The summed E-state index contributed by atoms with van der Waals surface area (Å²) in [5, 5.41) is 23.9. The number of amides is 2. The van der Waals surface area contributed by atoms with Crippen molar-refractivity contribution in [1.82, 2.24) is 5.32 Å². The number of rotatable bonds is 10. The first-order valence-electron chi connectivity index (χ1n) is 8.49. The minimum atomic E-state index is -1.26. The molecule has 0 aliphatic carbocycles. The zero-order valence-electron chi connectivity index (χ0n) is 14.8. The summed E-state index contributed by atoms with van der Waals surface area (Å²) < 4.78 is 0. The number of hydrogen-bond donors (Lipinski definition) is 4. The summed E-state index contributed by atoms with van der Waals surface area (Å²) >= 11 is 0.761. The summed E-state index contributed by atoms with van der Waals surface area (Å²) in [5.74, 6) is -2.47. The van der Waals surface area contributed by atoms with Gasteiger partial charge in [0, 0.05) is 6.04 Å². The Bertz CT molecular complexity index is 619. The molecular formula is C17H26N2O5S. The van der Waals surface area contributed by atoms with Crippen LogP contribution in [0.15, 0.2) is 0 Å². The number of carbonyl (C=O) groups excluding carboxylic acids is 1. The van der Waals surface area contributed by atoms with Crippen molar-refractivity contribution in [2.24, 2.45) is 0 Å². The van der Waals surface area contributed by atoms with E-state index in [4.69, 9.17) is 5.11 Å². The molecule has 1 heterocycles. The number of aromatic carboxylic acids is 2. The van der Waals surface area contributed by atoms with Crippen LogP contribution in [0.2, 0.25) is 0 Å². The largest absolute Gasteiger partial charge is 0.478 e. The number of unbranched alkanes of at least 4 members (excludes halogenated alkanes) is 2. The second kappa shape index (κ2) is 10.0. The monoisotopic (exact) mass is 370 g/mol. The van der Waals surface area contributed by atoms with Crippen LogP contribution in [0, 0.1) is 6.92 Å². The van der Waals surface area contributed by atoms with Crippen molar-refractivity contribution < 1.29 is 24.6 Å². The average Bonchev–Trinajstić information content (AvgIpc) is 2.86. The lowest BCUT2D eigenvalue weighted by Crippen LogP contribution is -2.38. The molecule has 0 saturated heterocycles. The van der Waals surface area contributed by atoms with Crippen molar-refractivity contribution in [3.63, 3.8) is 0 Å². The molecule has 0 fully saturated rings. The van der Waals surface area contributed by atoms with Gasteiger partial charge in [-0.15, -0.1) is 11.3 Å². The lowest BCUT2D eigenvalue weighted by molar-refractivity contribution is 0.0696. The zero-order chi connectivity index (χ0) is 19.0. The van der Waals surface area contributed by atoms with Gasteiger partial charge in [0.25, 0.3) is 0 Å². The van der Waals surface area contributed by atoms with Crippen LogP contribution in [0.1, 0.15) is 78.0 Å². The fraction of sp³-hybridized carbons (Fsp3) is 0.588. The highest BCUT2D eigenvalue weighted by molar-refractivity contribution is 7.18. The molecular weight excluding hydrogens is 344 g/mol. The quantitative estimate of drug-likeness (QED) is 0.489. The van der Waals surface area contributed by atoms with E-state index in [1.807, 2.05) is 0 Å². The van der Waals surface area contributed by atoms with Crippen molar-refractivity contribution in [2.75, 3.05) is 5.32 Å². The van der Waals surface area contributed by atoms with E-state index in [0.29, 0.717) is 0 Å². The first kappa shape index (κ1) is 21.0. The third-order valence-electron chi connectivity index (χ3n) is 3.93. The lowest BCUT2D eigenvalue weighted by Gasteiger charge is -2.18. The van der Waals surface area contributed by atoms with Crippen LogP contribution >= 0.6 is 11.3 Å². The minimum Gasteiger partial charge on any atom is -0.478 e. The number of nitrogens with one attached hydrogen (secondary N) is 2. The maximum Gasteiger partial charge on any atom is 0.346 e. The molecule has 4 N–H and O–H groups in total. The summed E-state index contributed by atoms with van der Waals surface area (Å²) in [4.78, 5) is 34.8. The Morgan fingerprint density at radius 1 is 1.04 bits per heavy atom. The van der Waals surface area contributed by atoms with Crippen LogP contribution in [0.3, 0.4) is 0 Å². The minimum absolute atomic E-state index is 0.0215. The summed E-state index contributed by atoms with van der Waals surface area (Å²) in [6.45, 7) is 5.59. The highest BCUT2D eigenvalue weighted by atomic mass is 32.1. The predicted molar refractivity (Wildman–Crippen MR) is 98.0 cm³/mol. The molecule has 0 saturated carbocycles. The first-order valence-corrected chi connectivity index (χ1v) is 9.30. The lowest BCUT2D eigenvalue weighted by atomic mass is 10.0. The van der Waals surface area contributed by atoms with Gasteiger partial charge in [0.15, 0.2) is 0 Å². The van der Waals surface area contributed by atoms with Crippen molar-refractivity contribution in [3.05, 3.63) is 16.0 Å². The second-order valence-corrected chi connectivity index (χ2v) is 6.97. The molecule has 0 unspecified atom stereocenters. The Balaban J connectivity index is 2.89. The van der Waals surface area contributed by atoms with Crippen molar-refractivity contribution >= 4 is 34.3 Å². The van der Waals surface area contributed by atoms with Crippen LogP contribution in [-0.2, 0) is 0 Å². The SMILES string of the molecule is CCCCC(CCCC)NC(=O)Nc1sc(C(=O)O)c(C)c1C(=O)O. The average molecular weight is 370 g/mol. The summed E-state index contributed by atoms with van der Waals surface area (Å²) in [7, 11) is 0. The van der Waals surface area contributed by atoms with Gasteiger partial charge in [-0.05, 0) is 25.3 Å². The molecule has 0 spiro atoms. The molecule has 0 radical (unpaired) electrons. The topological polar surface area (TPSA) is 116 Å². The van der Waals surface area contributed by atoms with Gasteiger partial charge in [-0.25, -0.2) is 14.4 Å². The highest BCUT2D eigenvalue weighted by Crippen LogP contribution is 2.33. The number of thiophene rings is 1. The molecule has 0 aliphatic rings. The van der Waals surface area contributed by atoms with Gasteiger partial charge in [0.05, 0.1) is 5.56 Å². The van der Waals surface area contributed by atoms with Crippen LogP contribution in [0.4, 0.5) is 9.80 Å². The Hall–Kier alpha value is -2.09. The number of carboxylic acid groups (broad SMARTS) is 2. The zero-order valence-corrected chi connectivity index (χ0v) is 15.7. The third-order valence-corrected chi connectivity index (χ3v) is 5.12. The van der Waals surface area contributed by atoms with Gasteiger partial charge >= 0.3 is 18.0 Å². The highest BCUT2D eigenvalue weighted by Gasteiger charge is 2.25. The van der Waals surface area contributed by atoms with E-state index >= 15 is 0 Å². The molecule has 8 heteroatoms. The molecule has 7 nitrogen and oxygen atoms in total. The van der Waals surface area contributed by atoms with E-state index in [9.17, 15) is 19.5 Å². The number of hydrogen-bond acceptors (Lipinski definition) is 4. The summed E-state index contributed by atoms with van der Waals surface area (Å²) in [5.41, 5.74) is -0.0231. The van der Waals surface area contributed by atoms with Gasteiger partial charge < -0.3 is 15.5 Å². The van der Waals surface area contributed by atoms with E-state index in [0.717, 1.165) is 49.9 Å². The standard InChI is InChI=1S/C17H26N2O5S/c1-4-6-8-11(9-7-5-2)18-17(24)19-14-12(15(20)21)10(3)13(25-14)16(22)23/h11H,4-9H2,1-3H3,(H,20,21)(H,22,23)(H2,18,19,24). The maximum absolute atomic E-state index is 12.3. The molecule has 1 aromatic rings. The molecule has 2 amide bonds.